The Morgan fingerprint density at radius 3 is 2.31 bits per heavy atom. The smallest absolute Gasteiger partial charge is 0.246 e. The Bertz CT molecular complexity index is 859. The Kier molecular flexibility index (Phi) is 6.54. The van der Waals surface area contributed by atoms with Crippen molar-refractivity contribution in [3.63, 3.8) is 0 Å². The van der Waals surface area contributed by atoms with Gasteiger partial charge < -0.3 is 24.2 Å². The number of hydrogen-bond donors (Lipinski definition) is 0. The first-order chi connectivity index (χ1) is 14.0. The van der Waals surface area contributed by atoms with E-state index in [9.17, 15) is 4.79 Å². The highest BCUT2D eigenvalue weighted by molar-refractivity contribution is 5.92. The van der Waals surface area contributed by atoms with Gasteiger partial charge in [0.05, 0.1) is 14.2 Å². The summed E-state index contributed by atoms with van der Waals surface area (Å²) in [6.07, 6.45) is 3.39. The van der Waals surface area contributed by atoms with E-state index in [0.29, 0.717) is 24.6 Å². The fourth-order valence-corrected chi connectivity index (χ4v) is 3.11. The lowest BCUT2D eigenvalue weighted by Crippen LogP contribution is -2.48. The molecule has 154 valence electrons. The molecule has 1 saturated heterocycles. The number of amides is 1. The van der Waals surface area contributed by atoms with E-state index in [-0.39, 0.29) is 5.91 Å². The molecule has 1 aliphatic rings. The van der Waals surface area contributed by atoms with Gasteiger partial charge in [-0.3, -0.25) is 4.79 Å². The molecule has 1 amide bonds. The van der Waals surface area contributed by atoms with Crippen LogP contribution in [-0.2, 0) is 4.79 Å². The summed E-state index contributed by atoms with van der Waals surface area (Å²) in [6.45, 7) is 2.75. The summed E-state index contributed by atoms with van der Waals surface area (Å²) in [7, 11) is 7.06. The normalized spacial score (nSPS) is 14.2. The molecule has 0 N–H and O–H groups in total. The van der Waals surface area contributed by atoms with Crippen LogP contribution in [-0.4, -0.2) is 75.5 Å². The standard InChI is InChI=1S/C21H27N5O3/c1-24(2)19-8-9-20(23-22-19)25-11-13-26(14-12-25)21(27)10-6-16-5-7-17(28-3)18(15-16)29-4/h5-10,15H,11-14H2,1-4H3/b10-6+. The van der Waals surface area contributed by atoms with Crippen LogP contribution in [0.3, 0.4) is 0 Å². The van der Waals surface area contributed by atoms with E-state index in [1.54, 1.807) is 26.4 Å². The monoisotopic (exact) mass is 397 g/mol. The lowest BCUT2D eigenvalue weighted by Gasteiger charge is -2.34. The Morgan fingerprint density at radius 1 is 1.00 bits per heavy atom. The van der Waals surface area contributed by atoms with Crippen LogP contribution < -0.4 is 19.3 Å². The molecule has 0 bridgehead atoms. The third-order valence-electron chi connectivity index (χ3n) is 4.84. The molecular formula is C21H27N5O3. The highest BCUT2D eigenvalue weighted by Crippen LogP contribution is 2.28. The maximum Gasteiger partial charge on any atom is 0.246 e. The van der Waals surface area contributed by atoms with Crippen LogP contribution in [0, 0.1) is 0 Å². The second-order valence-electron chi connectivity index (χ2n) is 6.90. The van der Waals surface area contributed by atoms with Crippen molar-refractivity contribution in [3.05, 3.63) is 42.0 Å². The number of ether oxygens (including phenoxy) is 2. The Labute approximate surface area is 171 Å². The second-order valence-corrected chi connectivity index (χ2v) is 6.90. The van der Waals surface area contributed by atoms with Crippen molar-refractivity contribution in [2.45, 2.75) is 0 Å². The van der Waals surface area contributed by atoms with E-state index in [1.807, 2.05) is 54.2 Å². The van der Waals surface area contributed by atoms with Crippen LogP contribution in [0.5, 0.6) is 11.5 Å². The zero-order valence-corrected chi connectivity index (χ0v) is 17.3. The van der Waals surface area contributed by atoms with Crippen molar-refractivity contribution >= 4 is 23.6 Å². The molecule has 0 aliphatic carbocycles. The van der Waals surface area contributed by atoms with E-state index in [4.69, 9.17) is 9.47 Å². The third kappa shape index (κ3) is 4.96. The number of carbonyl (C=O) groups is 1. The first-order valence-corrected chi connectivity index (χ1v) is 9.47. The predicted molar refractivity (Wildman–Crippen MR) is 114 cm³/mol. The number of anilines is 2. The molecule has 0 atom stereocenters. The second kappa shape index (κ2) is 9.27. The summed E-state index contributed by atoms with van der Waals surface area (Å²) in [6, 6.07) is 9.47. The Balaban J connectivity index is 1.56. The van der Waals surface area contributed by atoms with Gasteiger partial charge in [-0.2, -0.15) is 0 Å². The summed E-state index contributed by atoms with van der Waals surface area (Å²) in [5, 5.41) is 8.51. The van der Waals surface area contributed by atoms with E-state index in [1.165, 1.54) is 0 Å². The Hall–Kier alpha value is -3.29. The van der Waals surface area contributed by atoms with Crippen LogP contribution in [0.4, 0.5) is 11.6 Å². The number of nitrogens with zero attached hydrogens (tertiary/aromatic N) is 5. The highest BCUT2D eigenvalue weighted by atomic mass is 16.5. The van der Waals surface area contributed by atoms with Crippen molar-refractivity contribution in [2.24, 2.45) is 0 Å². The molecule has 0 unspecified atom stereocenters. The average Bonchev–Trinajstić information content (AvgIpc) is 2.77. The molecule has 1 aromatic heterocycles. The molecule has 3 rings (SSSR count). The van der Waals surface area contributed by atoms with Gasteiger partial charge in [0.25, 0.3) is 0 Å². The number of piperazine rings is 1. The quantitative estimate of drug-likeness (QED) is 0.690. The molecular weight excluding hydrogens is 370 g/mol. The van der Waals surface area contributed by atoms with Crippen molar-refractivity contribution in [3.8, 4) is 11.5 Å². The summed E-state index contributed by atoms with van der Waals surface area (Å²) in [4.78, 5) is 18.4. The van der Waals surface area contributed by atoms with Gasteiger partial charge in [-0.1, -0.05) is 6.07 Å². The maximum absolute atomic E-state index is 12.5. The predicted octanol–water partition coefficient (Wildman–Crippen LogP) is 1.92. The molecule has 1 fully saturated rings. The van der Waals surface area contributed by atoms with Crippen molar-refractivity contribution in [1.29, 1.82) is 0 Å². The van der Waals surface area contributed by atoms with E-state index in [0.717, 1.165) is 30.3 Å². The van der Waals surface area contributed by atoms with Crippen LogP contribution >= 0.6 is 0 Å². The molecule has 29 heavy (non-hydrogen) atoms. The van der Waals surface area contributed by atoms with Crippen molar-refractivity contribution in [1.82, 2.24) is 15.1 Å². The highest BCUT2D eigenvalue weighted by Gasteiger charge is 2.21. The fraction of sp³-hybridized carbons (Fsp3) is 0.381. The first kappa shape index (κ1) is 20.4. The molecule has 8 heteroatoms. The average molecular weight is 397 g/mol. The molecule has 8 nitrogen and oxygen atoms in total. The number of hydrogen-bond acceptors (Lipinski definition) is 7. The van der Waals surface area contributed by atoms with Gasteiger partial charge in [0.1, 0.15) is 0 Å². The summed E-state index contributed by atoms with van der Waals surface area (Å²) in [5.74, 6) is 2.95. The number of benzene rings is 1. The summed E-state index contributed by atoms with van der Waals surface area (Å²) >= 11 is 0. The summed E-state index contributed by atoms with van der Waals surface area (Å²) in [5.41, 5.74) is 0.880. The molecule has 1 aliphatic heterocycles. The van der Waals surface area contributed by atoms with E-state index < -0.39 is 0 Å². The van der Waals surface area contributed by atoms with Gasteiger partial charge in [0.15, 0.2) is 23.1 Å². The van der Waals surface area contributed by atoms with E-state index >= 15 is 0 Å². The summed E-state index contributed by atoms with van der Waals surface area (Å²) < 4.78 is 10.5. The van der Waals surface area contributed by atoms with Crippen molar-refractivity contribution in [2.75, 3.05) is 64.3 Å². The van der Waals surface area contributed by atoms with Crippen LogP contribution in [0.2, 0.25) is 0 Å². The fourth-order valence-electron chi connectivity index (χ4n) is 3.11. The number of rotatable bonds is 6. The zero-order chi connectivity index (χ0) is 20.8. The minimum absolute atomic E-state index is 0.00604. The van der Waals surface area contributed by atoms with Crippen LogP contribution in [0.25, 0.3) is 6.08 Å². The third-order valence-corrected chi connectivity index (χ3v) is 4.84. The number of aromatic nitrogens is 2. The molecule has 2 heterocycles. The van der Waals surface area contributed by atoms with Gasteiger partial charge in [-0.05, 0) is 35.9 Å². The number of carbonyl (C=O) groups excluding carboxylic acids is 1. The SMILES string of the molecule is COc1ccc(/C=C/C(=O)N2CCN(c3ccc(N(C)C)nn3)CC2)cc1OC. The largest absolute Gasteiger partial charge is 0.493 e. The molecule has 0 saturated carbocycles. The van der Waals surface area contributed by atoms with Crippen molar-refractivity contribution < 1.29 is 14.3 Å². The zero-order valence-electron chi connectivity index (χ0n) is 17.3. The van der Waals surface area contributed by atoms with Gasteiger partial charge in [0, 0.05) is 46.4 Å². The minimum Gasteiger partial charge on any atom is -0.493 e. The lowest BCUT2D eigenvalue weighted by molar-refractivity contribution is -0.126. The van der Waals surface area contributed by atoms with Crippen LogP contribution in [0.15, 0.2) is 36.4 Å². The van der Waals surface area contributed by atoms with Gasteiger partial charge in [-0.15, -0.1) is 10.2 Å². The van der Waals surface area contributed by atoms with Crippen LogP contribution in [0.1, 0.15) is 5.56 Å². The number of methoxy groups -OCH3 is 2. The minimum atomic E-state index is -0.00604. The molecule has 1 aromatic carbocycles. The maximum atomic E-state index is 12.5. The Morgan fingerprint density at radius 2 is 1.72 bits per heavy atom. The topological polar surface area (TPSA) is 71.0 Å². The molecule has 2 aromatic rings. The molecule has 0 spiro atoms. The molecule has 0 radical (unpaired) electrons. The van der Waals surface area contributed by atoms with Gasteiger partial charge >= 0.3 is 0 Å². The first-order valence-electron chi connectivity index (χ1n) is 9.47. The van der Waals surface area contributed by atoms with E-state index in [2.05, 4.69) is 15.1 Å². The lowest BCUT2D eigenvalue weighted by atomic mass is 10.2. The van der Waals surface area contributed by atoms with Gasteiger partial charge in [0.2, 0.25) is 5.91 Å². The van der Waals surface area contributed by atoms with Gasteiger partial charge in [-0.25, -0.2) is 0 Å².